The van der Waals surface area contributed by atoms with E-state index < -0.39 is 28.6 Å². The summed E-state index contributed by atoms with van der Waals surface area (Å²) in [7, 11) is 1.35. The number of carbonyl (C=O) groups excluding carboxylic acids is 2. The first-order valence-corrected chi connectivity index (χ1v) is 7.87. The van der Waals surface area contributed by atoms with Gasteiger partial charge in [0, 0.05) is 5.69 Å². The molecule has 0 aliphatic heterocycles. The molecule has 0 spiro atoms. The quantitative estimate of drug-likeness (QED) is 0.405. The van der Waals surface area contributed by atoms with Gasteiger partial charge in [-0.05, 0) is 42.0 Å². The Labute approximate surface area is 161 Å². The zero-order valence-electron chi connectivity index (χ0n) is 14.2. The minimum Gasteiger partial charge on any atom is -0.504 e. The van der Waals surface area contributed by atoms with E-state index in [4.69, 9.17) is 16.3 Å². The van der Waals surface area contributed by atoms with E-state index >= 15 is 0 Å². The molecular weight excluding hydrogens is 403 g/mol. The molecule has 0 atom stereocenters. The Morgan fingerprint density at radius 1 is 1.18 bits per heavy atom. The highest BCUT2D eigenvalue weighted by Gasteiger charge is 2.33. The third-order valence-corrected chi connectivity index (χ3v) is 3.65. The van der Waals surface area contributed by atoms with Crippen molar-refractivity contribution in [3.8, 4) is 11.5 Å². The van der Waals surface area contributed by atoms with Crippen LogP contribution in [0.2, 0.25) is 5.02 Å². The largest absolute Gasteiger partial charge is 0.504 e. The van der Waals surface area contributed by atoms with Crippen molar-refractivity contribution in [3.63, 3.8) is 0 Å². The summed E-state index contributed by atoms with van der Waals surface area (Å²) in [5, 5.41) is 14.5. The van der Waals surface area contributed by atoms with Gasteiger partial charge in [-0.2, -0.15) is 18.3 Å². The molecule has 0 bridgehead atoms. The maximum absolute atomic E-state index is 12.8. The molecule has 0 fully saturated rings. The number of rotatable bonds is 4. The number of hydrogen-bond acceptors (Lipinski definition) is 5. The van der Waals surface area contributed by atoms with Crippen molar-refractivity contribution in [3.05, 3.63) is 52.5 Å². The Balaban J connectivity index is 2.01. The first-order valence-electron chi connectivity index (χ1n) is 7.50. The van der Waals surface area contributed by atoms with Gasteiger partial charge in [0.15, 0.2) is 11.5 Å². The smallest absolute Gasteiger partial charge is 0.417 e. The summed E-state index contributed by atoms with van der Waals surface area (Å²) in [5.74, 6) is -2.35. The molecular formula is C17H13ClF3N3O4. The van der Waals surface area contributed by atoms with Crippen LogP contribution in [0.25, 0.3) is 0 Å². The second-order valence-electron chi connectivity index (χ2n) is 5.28. The Morgan fingerprint density at radius 3 is 2.54 bits per heavy atom. The van der Waals surface area contributed by atoms with Gasteiger partial charge in [-0.1, -0.05) is 11.6 Å². The highest BCUT2D eigenvalue weighted by Crippen LogP contribution is 2.36. The molecule has 3 N–H and O–H groups in total. The van der Waals surface area contributed by atoms with Gasteiger partial charge >= 0.3 is 18.0 Å². The van der Waals surface area contributed by atoms with Crippen LogP contribution >= 0.6 is 11.6 Å². The van der Waals surface area contributed by atoms with Gasteiger partial charge in [-0.15, -0.1) is 0 Å². The third kappa shape index (κ3) is 5.36. The molecule has 0 unspecified atom stereocenters. The summed E-state index contributed by atoms with van der Waals surface area (Å²) in [4.78, 5) is 23.5. The fourth-order valence-corrected chi connectivity index (χ4v) is 2.22. The number of halogens is 4. The minimum atomic E-state index is -4.71. The zero-order chi connectivity index (χ0) is 20.9. The zero-order valence-corrected chi connectivity index (χ0v) is 14.9. The average molecular weight is 416 g/mol. The van der Waals surface area contributed by atoms with Crippen molar-refractivity contribution in [2.45, 2.75) is 6.18 Å². The number of carbonyl (C=O) groups is 2. The number of benzene rings is 2. The minimum absolute atomic E-state index is 0.0933. The number of aromatic hydroxyl groups is 1. The van der Waals surface area contributed by atoms with Gasteiger partial charge in [0.05, 0.1) is 23.9 Å². The standard InChI is InChI=1S/C17H13ClF3N3O4/c1-28-14-6-9(2-5-13(14)25)8-22-24-16(27)15(26)23-10-3-4-12(18)11(7-10)17(19,20)21/h2-8,25H,1H3,(H,23,26)(H,24,27)/b22-8-. The highest BCUT2D eigenvalue weighted by atomic mass is 35.5. The lowest BCUT2D eigenvalue weighted by Crippen LogP contribution is -2.32. The van der Waals surface area contributed by atoms with Crippen LogP contribution in [0, 0.1) is 0 Å². The summed E-state index contributed by atoms with van der Waals surface area (Å²) in [6.45, 7) is 0. The SMILES string of the molecule is COc1cc(/C=N\NC(=O)C(=O)Nc2ccc(Cl)c(C(F)(F)F)c2)ccc1O. The Kier molecular flexibility index (Phi) is 6.47. The predicted octanol–water partition coefficient (Wildman–Crippen LogP) is 3.16. The highest BCUT2D eigenvalue weighted by molar-refractivity contribution is 6.39. The van der Waals surface area contributed by atoms with Crippen molar-refractivity contribution < 1.29 is 32.6 Å². The Hall–Kier alpha value is -3.27. The maximum Gasteiger partial charge on any atom is 0.417 e. The molecule has 2 rings (SSSR count). The number of phenols is 1. The van der Waals surface area contributed by atoms with Crippen LogP contribution in [0.15, 0.2) is 41.5 Å². The lowest BCUT2D eigenvalue weighted by atomic mass is 10.2. The number of hydrogen-bond donors (Lipinski definition) is 3. The van der Waals surface area contributed by atoms with E-state index in [2.05, 4.69) is 5.10 Å². The number of hydrazone groups is 1. The second-order valence-corrected chi connectivity index (χ2v) is 5.68. The third-order valence-electron chi connectivity index (χ3n) is 3.32. The molecule has 0 saturated heterocycles. The number of phenolic OH excluding ortho intramolecular Hbond substituents is 1. The lowest BCUT2D eigenvalue weighted by molar-refractivity contribution is -0.137. The van der Waals surface area contributed by atoms with Crippen LogP contribution in [-0.4, -0.2) is 30.2 Å². The second kappa shape index (κ2) is 8.61. The fraction of sp³-hybridized carbons (Fsp3) is 0.118. The van der Waals surface area contributed by atoms with Crippen molar-refractivity contribution in [1.29, 1.82) is 0 Å². The monoisotopic (exact) mass is 415 g/mol. The molecule has 0 saturated carbocycles. The number of nitrogens with zero attached hydrogens (tertiary/aromatic N) is 1. The molecule has 0 radical (unpaired) electrons. The topological polar surface area (TPSA) is 100 Å². The van der Waals surface area contributed by atoms with Gasteiger partial charge in [0.1, 0.15) is 0 Å². The van der Waals surface area contributed by atoms with E-state index in [1.54, 1.807) is 0 Å². The molecule has 2 aromatic carbocycles. The predicted molar refractivity (Wildman–Crippen MR) is 95.5 cm³/mol. The summed E-state index contributed by atoms with van der Waals surface area (Å²) < 4.78 is 43.3. The van der Waals surface area contributed by atoms with E-state index in [0.29, 0.717) is 11.6 Å². The summed E-state index contributed by atoms with van der Waals surface area (Å²) in [5.41, 5.74) is 0.967. The van der Waals surface area contributed by atoms with Crippen molar-refractivity contribution in [2.24, 2.45) is 5.10 Å². The van der Waals surface area contributed by atoms with E-state index in [9.17, 15) is 27.9 Å². The van der Waals surface area contributed by atoms with Crippen LogP contribution in [0.4, 0.5) is 18.9 Å². The van der Waals surface area contributed by atoms with Gasteiger partial charge in [0.25, 0.3) is 0 Å². The molecule has 0 aliphatic rings. The van der Waals surface area contributed by atoms with Gasteiger partial charge in [-0.3, -0.25) is 9.59 Å². The summed E-state index contributed by atoms with van der Waals surface area (Å²) >= 11 is 5.48. The van der Waals surface area contributed by atoms with Crippen LogP contribution in [0.3, 0.4) is 0 Å². The summed E-state index contributed by atoms with van der Waals surface area (Å²) in [6, 6.07) is 6.92. The molecule has 28 heavy (non-hydrogen) atoms. The number of methoxy groups -OCH3 is 1. The van der Waals surface area contributed by atoms with Crippen molar-refractivity contribution in [1.82, 2.24) is 5.43 Å². The number of alkyl halides is 3. The Bertz CT molecular complexity index is 932. The van der Waals surface area contributed by atoms with E-state index in [1.807, 2.05) is 10.7 Å². The van der Waals surface area contributed by atoms with Gasteiger partial charge in [0.2, 0.25) is 0 Å². The number of ether oxygens (including phenoxy) is 1. The molecule has 11 heteroatoms. The van der Waals surface area contributed by atoms with E-state index in [0.717, 1.165) is 12.1 Å². The Morgan fingerprint density at radius 2 is 1.89 bits per heavy atom. The lowest BCUT2D eigenvalue weighted by Gasteiger charge is -2.11. The molecule has 0 heterocycles. The molecule has 0 aliphatic carbocycles. The van der Waals surface area contributed by atoms with Crippen LogP contribution < -0.4 is 15.5 Å². The van der Waals surface area contributed by atoms with Gasteiger partial charge in [-0.25, -0.2) is 5.43 Å². The summed E-state index contributed by atoms with van der Waals surface area (Å²) in [6.07, 6.45) is -3.53. The van der Waals surface area contributed by atoms with Crippen molar-refractivity contribution in [2.75, 3.05) is 12.4 Å². The number of amides is 2. The normalized spacial score (nSPS) is 11.3. The number of anilines is 1. The van der Waals surface area contributed by atoms with Crippen LogP contribution in [0.1, 0.15) is 11.1 Å². The van der Waals surface area contributed by atoms with E-state index in [1.165, 1.54) is 31.5 Å². The number of nitrogens with one attached hydrogen (secondary N) is 2. The van der Waals surface area contributed by atoms with E-state index in [-0.39, 0.29) is 17.2 Å². The molecule has 148 valence electrons. The molecule has 7 nitrogen and oxygen atoms in total. The molecule has 0 aromatic heterocycles. The van der Waals surface area contributed by atoms with Crippen molar-refractivity contribution >= 4 is 35.3 Å². The van der Waals surface area contributed by atoms with Crippen LogP contribution in [0.5, 0.6) is 11.5 Å². The first kappa shape index (κ1) is 21.0. The van der Waals surface area contributed by atoms with Crippen LogP contribution in [-0.2, 0) is 15.8 Å². The fourth-order valence-electron chi connectivity index (χ4n) is 2.00. The molecule has 2 amide bonds. The average Bonchev–Trinajstić information content (AvgIpc) is 2.63. The molecule has 2 aromatic rings. The van der Waals surface area contributed by atoms with Gasteiger partial charge < -0.3 is 15.2 Å². The maximum atomic E-state index is 12.8. The first-order chi connectivity index (χ1) is 13.1.